The Labute approximate surface area is 114 Å². The summed E-state index contributed by atoms with van der Waals surface area (Å²) in [4.78, 5) is 10.6. The average Bonchev–Trinajstić information content (AvgIpc) is 3.22. The second-order valence-corrected chi connectivity index (χ2v) is 5.37. The van der Waals surface area contributed by atoms with E-state index in [1.54, 1.807) is 12.1 Å². The van der Waals surface area contributed by atoms with Crippen molar-refractivity contribution in [3.8, 4) is 0 Å². The van der Waals surface area contributed by atoms with E-state index in [-0.39, 0.29) is 10.6 Å². The molecule has 0 saturated heterocycles. The van der Waals surface area contributed by atoms with Crippen LogP contribution >= 0.6 is 0 Å². The first-order valence-electron chi connectivity index (χ1n) is 7.16. The Morgan fingerprint density at radius 3 is 2.79 bits per heavy atom. The van der Waals surface area contributed by atoms with Crippen LogP contribution in [0, 0.1) is 16.0 Å². The molecule has 1 aromatic carbocycles. The molecular formula is C15H22N2O2. The van der Waals surface area contributed by atoms with Gasteiger partial charge in [-0.2, -0.15) is 0 Å². The van der Waals surface area contributed by atoms with Gasteiger partial charge in [0.2, 0.25) is 0 Å². The molecule has 1 N–H and O–H groups in total. The van der Waals surface area contributed by atoms with Crippen molar-refractivity contribution in [2.45, 2.75) is 45.1 Å². The summed E-state index contributed by atoms with van der Waals surface area (Å²) in [6.07, 6.45) is 5.86. The normalized spacial score (nSPS) is 16.3. The molecule has 1 aliphatic carbocycles. The molecule has 104 valence electrons. The van der Waals surface area contributed by atoms with E-state index in [0.29, 0.717) is 6.04 Å². The Hall–Kier alpha value is -1.42. The molecule has 0 bridgehead atoms. The Morgan fingerprint density at radius 1 is 1.42 bits per heavy atom. The lowest BCUT2D eigenvalue weighted by molar-refractivity contribution is -0.385. The lowest BCUT2D eigenvalue weighted by atomic mass is 10.1. The van der Waals surface area contributed by atoms with E-state index in [2.05, 4.69) is 12.2 Å². The van der Waals surface area contributed by atoms with Crippen LogP contribution in [0.25, 0.3) is 0 Å². The molecule has 1 aliphatic rings. The van der Waals surface area contributed by atoms with Crippen molar-refractivity contribution in [1.82, 2.24) is 5.32 Å². The summed E-state index contributed by atoms with van der Waals surface area (Å²) in [6, 6.07) is 7.58. The molecular weight excluding hydrogens is 240 g/mol. The summed E-state index contributed by atoms with van der Waals surface area (Å²) < 4.78 is 0. The molecule has 19 heavy (non-hydrogen) atoms. The highest BCUT2D eigenvalue weighted by atomic mass is 16.6. The van der Waals surface area contributed by atoms with Crippen LogP contribution in [-0.4, -0.2) is 17.5 Å². The van der Waals surface area contributed by atoms with Gasteiger partial charge >= 0.3 is 0 Å². The molecule has 1 atom stereocenters. The zero-order valence-corrected chi connectivity index (χ0v) is 11.5. The topological polar surface area (TPSA) is 55.2 Å². The Balaban J connectivity index is 1.82. The van der Waals surface area contributed by atoms with Gasteiger partial charge in [0.1, 0.15) is 0 Å². The number of rotatable bonds is 8. The standard InChI is InChI=1S/C15H22N2O2/c1-2-14(11-12-7-8-12)16-10-9-13-5-3-4-6-15(13)17(18)19/h3-6,12,14,16H,2,7-11H2,1H3. The predicted octanol–water partition coefficient (Wildman–Crippen LogP) is 3.31. The summed E-state index contributed by atoms with van der Waals surface area (Å²) in [6.45, 7) is 3.01. The molecule has 1 unspecified atom stereocenters. The van der Waals surface area contributed by atoms with Gasteiger partial charge in [0.25, 0.3) is 5.69 Å². The van der Waals surface area contributed by atoms with Crippen molar-refractivity contribution in [2.24, 2.45) is 5.92 Å². The first-order valence-corrected chi connectivity index (χ1v) is 7.16. The Morgan fingerprint density at radius 2 is 2.16 bits per heavy atom. The van der Waals surface area contributed by atoms with Gasteiger partial charge in [0, 0.05) is 17.7 Å². The van der Waals surface area contributed by atoms with E-state index >= 15 is 0 Å². The van der Waals surface area contributed by atoms with Crippen molar-refractivity contribution >= 4 is 5.69 Å². The highest BCUT2D eigenvalue weighted by molar-refractivity contribution is 5.39. The first kappa shape index (κ1) is 14.0. The number of nitrogens with zero attached hydrogens (tertiary/aromatic N) is 1. The summed E-state index contributed by atoms with van der Waals surface area (Å²) in [5.41, 5.74) is 1.06. The van der Waals surface area contributed by atoms with Crippen molar-refractivity contribution < 1.29 is 4.92 Å². The maximum Gasteiger partial charge on any atom is 0.272 e. The Kier molecular flexibility index (Phi) is 4.91. The molecule has 0 aromatic heterocycles. The maximum absolute atomic E-state index is 10.9. The lowest BCUT2D eigenvalue weighted by Crippen LogP contribution is -2.30. The molecule has 0 heterocycles. The van der Waals surface area contributed by atoms with E-state index in [0.717, 1.165) is 30.9 Å². The van der Waals surface area contributed by atoms with E-state index in [9.17, 15) is 10.1 Å². The zero-order valence-electron chi connectivity index (χ0n) is 11.5. The van der Waals surface area contributed by atoms with E-state index in [1.165, 1.54) is 19.3 Å². The first-order chi connectivity index (χ1) is 9.20. The van der Waals surface area contributed by atoms with Gasteiger partial charge in [0.05, 0.1) is 4.92 Å². The average molecular weight is 262 g/mol. The zero-order chi connectivity index (χ0) is 13.7. The lowest BCUT2D eigenvalue weighted by Gasteiger charge is -2.16. The molecule has 1 saturated carbocycles. The van der Waals surface area contributed by atoms with Gasteiger partial charge in [-0.3, -0.25) is 10.1 Å². The summed E-state index contributed by atoms with van der Waals surface area (Å²) in [5, 5.41) is 14.4. The minimum Gasteiger partial charge on any atom is -0.314 e. The van der Waals surface area contributed by atoms with Gasteiger partial charge in [-0.05, 0) is 31.7 Å². The van der Waals surface area contributed by atoms with Crippen LogP contribution in [0.15, 0.2) is 24.3 Å². The third-order valence-corrected chi connectivity index (χ3v) is 3.82. The van der Waals surface area contributed by atoms with Crippen LogP contribution in [0.2, 0.25) is 0 Å². The molecule has 0 aliphatic heterocycles. The summed E-state index contributed by atoms with van der Waals surface area (Å²) in [7, 11) is 0. The number of para-hydroxylation sites is 1. The van der Waals surface area contributed by atoms with E-state index in [1.807, 2.05) is 12.1 Å². The summed E-state index contributed by atoms with van der Waals surface area (Å²) >= 11 is 0. The van der Waals surface area contributed by atoms with Crippen molar-refractivity contribution in [3.05, 3.63) is 39.9 Å². The molecule has 0 amide bonds. The van der Waals surface area contributed by atoms with Crippen molar-refractivity contribution in [3.63, 3.8) is 0 Å². The van der Waals surface area contributed by atoms with Crippen LogP contribution < -0.4 is 5.32 Å². The minimum absolute atomic E-state index is 0.236. The third-order valence-electron chi connectivity index (χ3n) is 3.82. The largest absolute Gasteiger partial charge is 0.314 e. The van der Waals surface area contributed by atoms with Gasteiger partial charge in [0.15, 0.2) is 0 Å². The molecule has 1 aromatic rings. The quantitative estimate of drug-likeness (QED) is 0.577. The number of nitrogens with one attached hydrogen (secondary N) is 1. The second kappa shape index (κ2) is 6.66. The van der Waals surface area contributed by atoms with Crippen LogP contribution in [-0.2, 0) is 6.42 Å². The van der Waals surface area contributed by atoms with Gasteiger partial charge in [-0.1, -0.05) is 38.0 Å². The number of hydrogen-bond donors (Lipinski definition) is 1. The van der Waals surface area contributed by atoms with E-state index < -0.39 is 0 Å². The van der Waals surface area contributed by atoms with E-state index in [4.69, 9.17) is 0 Å². The van der Waals surface area contributed by atoms with Crippen LogP contribution in [0.1, 0.15) is 38.2 Å². The molecule has 2 rings (SSSR count). The van der Waals surface area contributed by atoms with Crippen LogP contribution in [0.5, 0.6) is 0 Å². The fourth-order valence-electron chi connectivity index (χ4n) is 2.46. The highest BCUT2D eigenvalue weighted by Gasteiger charge is 2.24. The molecule has 4 heteroatoms. The number of nitro benzene ring substituents is 1. The molecule has 0 spiro atoms. The van der Waals surface area contributed by atoms with Crippen LogP contribution in [0.4, 0.5) is 5.69 Å². The van der Waals surface area contributed by atoms with Crippen molar-refractivity contribution in [1.29, 1.82) is 0 Å². The highest BCUT2D eigenvalue weighted by Crippen LogP contribution is 2.34. The molecule has 0 radical (unpaired) electrons. The number of benzene rings is 1. The van der Waals surface area contributed by atoms with Gasteiger partial charge in [-0.15, -0.1) is 0 Å². The maximum atomic E-state index is 10.9. The second-order valence-electron chi connectivity index (χ2n) is 5.37. The van der Waals surface area contributed by atoms with Gasteiger partial charge < -0.3 is 5.32 Å². The van der Waals surface area contributed by atoms with Crippen molar-refractivity contribution in [2.75, 3.05) is 6.54 Å². The molecule has 1 fully saturated rings. The van der Waals surface area contributed by atoms with Crippen LogP contribution in [0.3, 0.4) is 0 Å². The SMILES string of the molecule is CCC(CC1CC1)NCCc1ccccc1[N+](=O)[O-]. The Bertz CT molecular complexity index is 430. The number of hydrogen-bond acceptors (Lipinski definition) is 3. The molecule has 4 nitrogen and oxygen atoms in total. The fraction of sp³-hybridized carbons (Fsp3) is 0.600. The third kappa shape index (κ3) is 4.31. The number of nitro groups is 1. The smallest absolute Gasteiger partial charge is 0.272 e. The fourth-order valence-corrected chi connectivity index (χ4v) is 2.46. The monoisotopic (exact) mass is 262 g/mol. The van der Waals surface area contributed by atoms with Gasteiger partial charge in [-0.25, -0.2) is 0 Å². The summed E-state index contributed by atoms with van der Waals surface area (Å²) in [5.74, 6) is 0.920. The minimum atomic E-state index is -0.295. The predicted molar refractivity (Wildman–Crippen MR) is 76.2 cm³/mol.